The summed E-state index contributed by atoms with van der Waals surface area (Å²) in [5.74, 6) is 1.02. The number of ether oxygens (including phenoxy) is 1. The number of nitrogens with one attached hydrogen (secondary N) is 1. The largest absolute Gasteiger partial charge is 0.469 e. The predicted octanol–water partition coefficient (Wildman–Crippen LogP) is 2.62. The van der Waals surface area contributed by atoms with E-state index in [1.807, 2.05) is 12.1 Å². The molecule has 0 bridgehead atoms. The van der Waals surface area contributed by atoms with Gasteiger partial charge < -0.3 is 14.5 Å². The molecule has 3 heteroatoms. The first-order chi connectivity index (χ1) is 7.47. The van der Waals surface area contributed by atoms with Crippen molar-refractivity contribution in [1.82, 2.24) is 5.32 Å². The van der Waals surface area contributed by atoms with Crippen molar-refractivity contribution in [3.63, 3.8) is 0 Å². The highest BCUT2D eigenvalue weighted by atomic mass is 16.5. The van der Waals surface area contributed by atoms with E-state index in [2.05, 4.69) is 33.0 Å². The first kappa shape index (κ1) is 13.3. The zero-order valence-corrected chi connectivity index (χ0v) is 10.7. The van der Waals surface area contributed by atoms with Gasteiger partial charge in [-0.15, -0.1) is 0 Å². The average molecular weight is 225 g/mol. The smallest absolute Gasteiger partial charge is 0.105 e. The summed E-state index contributed by atoms with van der Waals surface area (Å²) in [4.78, 5) is 0. The molecule has 1 rings (SSSR count). The maximum Gasteiger partial charge on any atom is 0.105 e. The second kappa shape index (κ2) is 6.06. The molecule has 1 aromatic rings. The summed E-state index contributed by atoms with van der Waals surface area (Å²) in [5, 5.41) is 3.41. The molecule has 0 radical (unpaired) electrons. The molecule has 0 saturated heterocycles. The van der Waals surface area contributed by atoms with E-state index in [1.165, 1.54) is 0 Å². The van der Waals surface area contributed by atoms with Crippen molar-refractivity contribution in [3.05, 3.63) is 24.2 Å². The normalized spacial score (nSPS) is 14.0. The highest BCUT2D eigenvalue weighted by Gasteiger charge is 2.10. The van der Waals surface area contributed by atoms with Crippen LogP contribution in [0.2, 0.25) is 0 Å². The Bertz CT molecular complexity index is 275. The van der Waals surface area contributed by atoms with E-state index >= 15 is 0 Å². The van der Waals surface area contributed by atoms with Crippen molar-refractivity contribution in [2.45, 2.75) is 45.8 Å². The van der Waals surface area contributed by atoms with Crippen LogP contribution < -0.4 is 5.32 Å². The maximum atomic E-state index is 5.63. The van der Waals surface area contributed by atoms with Crippen molar-refractivity contribution < 1.29 is 9.15 Å². The molecule has 0 amide bonds. The van der Waals surface area contributed by atoms with E-state index in [4.69, 9.17) is 9.15 Å². The fraction of sp³-hybridized carbons (Fsp3) is 0.692. The van der Waals surface area contributed by atoms with Gasteiger partial charge in [0.2, 0.25) is 0 Å². The van der Waals surface area contributed by atoms with E-state index in [9.17, 15) is 0 Å². The molecule has 0 aliphatic carbocycles. The van der Waals surface area contributed by atoms with Crippen molar-refractivity contribution in [1.29, 1.82) is 0 Å². The zero-order chi connectivity index (χ0) is 12.0. The van der Waals surface area contributed by atoms with Crippen LogP contribution in [0.15, 0.2) is 22.8 Å². The van der Waals surface area contributed by atoms with Gasteiger partial charge in [0, 0.05) is 19.0 Å². The Balaban J connectivity index is 2.09. The molecule has 1 heterocycles. The van der Waals surface area contributed by atoms with Gasteiger partial charge in [-0.25, -0.2) is 0 Å². The molecule has 1 unspecified atom stereocenters. The molecule has 0 fully saturated rings. The fourth-order valence-corrected chi connectivity index (χ4v) is 1.47. The molecular weight excluding hydrogens is 202 g/mol. The van der Waals surface area contributed by atoms with Gasteiger partial charge in [-0.3, -0.25) is 0 Å². The van der Waals surface area contributed by atoms with Crippen LogP contribution in [0.4, 0.5) is 0 Å². The molecule has 0 aliphatic rings. The van der Waals surface area contributed by atoms with Gasteiger partial charge >= 0.3 is 0 Å². The molecule has 16 heavy (non-hydrogen) atoms. The van der Waals surface area contributed by atoms with Crippen LogP contribution >= 0.6 is 0 Å². The molecule has 92 valence electrons. The molecule has 0 saturated carbocycles. The minimum absolute atomic E-state index is 0.0497. The Labute approximate surface area is 98.2 Å². The molecule has 3 nitrogen and oxygen atoms in total. The van der Waals surface area contributed by atoms with Crippen LogP contribution in [0, 0.1) is 0 Å². The number of rotatable bonds is 6. The lowest BCUT2D eigenvalue weighted by molar-refractivity contribution is -0.00151. The van der Waals surface area contributed by atoms with E-state index in [1.54, 1.807) is 6.26 Å². The highest BCUT2D eigenvalue weighted by Crippen LogP contribution is 2.06. The van der Waals surface area contributed by atoms with Gasteiger partial charge in [0.15, 0.2) is 0 Å². The Morgan fingerprint density at radius 3 is 2.75 bits per heavy atom. The summed E-state index contributed by atoms with van der Waals surface area (Å²) in [6.45, 7) is 9.97. The summed E-state index contributed by atoms with van der Waals surface area (Å²) in [6, 6.07) is 4.34. The third-order valence-electron chi connectivity index (χ3n) is 2.22. The first-order valence-corrected chi connectivity index (χ1v) is 5.87. The fourth-order valence-electron chi connectivity index (χ4n) is 1.47. The van der Waals surface area contributed by atoms with Crippen molar-refractivity contribution in [3.8, 4) is 0 Å². The number of hydrogen-bond donors (Lipinski definition) is 1. The molecule has 1 atom stereocenters. The van der Waals surface area contributed by atoms with Gasteiger partial charge in [-0.05, 0) is 39.8 Å². The zero-order valence-electron chi connectivity index (χ0n) is 10.7. The van der Waals surface area contributed by atoms with Gasteiger partial charge in [0.25, 0.3) is 0 Å². The minimum Gasteiger partial charge on any atom is -0.469 e. The molecule has 1 N–H and O–H groups in total. The second-order valence-corrected chi connectivity index (χ2v) is 5.10. The quantitative estimate of drug-likeness (QED) is 0.756. The summed E-state index contributed by atoms with van der Waals surface area (Å²) in [7, 11) is 0. The van der Waals surface area contributed by atoms with Crippen LogP contribution in [0.5, 0.6) is 0 Å². The van der Waals surface area contributed by atoms with Crippen molar-refractivity contribution in [2.75, 3.05) is 13.2 Å². The van der Waals surface area contributed by atoms with Gasteiger partial charge in [0.05, 0.1) is 18.5 Å². The average Bonchev–Trinajstić information content (AvgIpc) is 2.63. The summed E-state index contributed by atoms with van der Waals surface area (Å²) in [5.41, 5.74) is -0.0497. The monoisotopic (exact) mass is 225 g/mol. The first-order valence-electron chi connectivity index (χ1n) is 5.87. The lowest BCUT2D eigenvalue weighted by Crippen LogP contribution is -2.33. The lowest BCUT2D eigenvalue weighted by atomic mass is 10.2. The van der Waals surface area contributed by atoms with E-state index in [0.717, 1.165) is 25.3 Å². The van der Waals surface area contributed by atoms with Crippen LogP contribution in [0.25, 0.3) is 0 Å². The number of furan rings is 1. The predicted molar refractivity (Wildman–Crippen MR) is 65.6 cm³/mol. The SMILES string of the molecule is CC(Cc1ccco1)NCCOC(C)(C)C. The summed E-state index contributed by atoms with van der Waals surface area (Å²) < 4.78 is 10.9. The Kier molecular flexibility index (Phi) is 5.03. The minimum atomic E-state index is -0.0497. The van der Waals surface area contributed by atoms with Crippen LogP contribution in [0.1, 0.15) is 33.5 Å². The van der Waals surface area contributed by atoms with Crippen molar-refractivity contribution >= 4 is 0 Å². The Morgan fingerprint density at radius 1 is 1.44 bits per heavy atom. The highest BCUT2D eigenvalue weighted by molar-refractivity contribution is 4.99. The van der Waals surface area contributed by atoms with Gasteiger partial charge in [0.1, 0.15) is 5.76 Å². The number of hydrogen-bond acceptors (Lipinski definition) is 3. The Hall–Kier alpha value is -0.800. The van der Waals surface area contributed by atoms with Crippen LogP contribution in [-0.2, 0) is 11.2 Å². The van der Waals surface area contributed by atoms with E-state index in [-0.39, 0.29) is 5.60 Å². The standard InChI is InChI=1S/C13H23NO2/c1-11(10-12-6-5-8-15-12)14-7-9-16-13(2,3)4/h5-6,8,11,14H,7,9-10H2,1-4H3. The van der Waals surface area contributed by atoms with Gasteiger partial charge in [-0.2, -0.15) is 0 Å². The lowest BCUT2D eigenvalue weighted by Gasteiger charge is -2.20. The van der Waals surface area contributed by atoms with Crippen LogP contribution in [-0.4, -0.2) is 24.8 Å². The molecule has 0 aliphatic heterocycles. The summed E-state index contributed by atoms with van der Waals surface area (Å²) in [6.07, 6.45) is 2.63. The van der Waals surface area contributed by atoms with Crippen LogP contribution in [0.3, 0.4) is 0 Å². The maximum absolute atomic E-state index is 5.63. The molecule has 1 aromatic heterocycles. The van der Waals surface area contributed by atoms with E-state index in [0.29, 0.717) is 6.04 Å². The summed E-state index contributed by atoms with van der Waals surface area (Å²) >= 11 is 0. The molecule has 0 aromatic carbocycles. The third-order valence-corrected chi connectivity index (χ3v) is 2.22. The molecule has 0 spiro atoms. The van der Waals surface area contributed by atoms with E-state index < -0.39 is 0 Å². The van der Waals surface area contributed by atoms with Crippen molar-refractivity contribution in [2.24, 2.45) is 0 Å². The second-order valence-electron chi connectivity index (χ2n) is 5.10. The third kappa shape index (κ3) is 5.93. The topological polar surface area (TPSA) is 34.4 Å². The van der Waals surface area contributed by atoms with Gasteiger partial charge in [-0.1, -0.05) is 0 Å². The Morgan fingerprint density at radius 2 is 2.19 bits per heavy atom. The molecular formula is C13H23NO2.